The van der Waals surface area contributed by atoms with Crippen LogP contribution in [0.1, 0.15) is 42.5 Å². The number of carbonyl (C=O) groups excluding carboxylic acids is 1. The Morgan fingerprint density at radius 1 is 1.25 bits per heavy atom. The first-order chi connectivity index (χ1) is 9.70. The fraction of sp³-hybridized carbons (Fsp3) is 0.562. The van der Waals surface area contributed by atoms with Gasteiger partial charge >= 0.3 is 0 Å². The predicted octanol–water partition coefficient (Wildman–Crippen LogP) is 3.15. The molecule has 0 amide bonds. The van der Waals surface area contributed by atoms with Gasteiger partial charge in [-0.2, -0.15) is 0 Å². The zero-order valence-corrected chi connectivity index (χ0v) is 12.5. The maximum Gasteiger partial charge on any atom is 0.164 e. The highest BCUT2D eigenvalue weighted by Gasteiger charge is 2.20. The van der Waals surface area contributed by atoms with Gasteiger partial charge < -0.3 is 5.11 Å². The second-order valence-corrected chi connectivity index (χ2v) is 5.84. The zero-order valence-electron chi connectivity index (χ0n) is 11.7. The Bertz CT molecular complexity index is 433. The van der Waals surface area contributed by atoms with Gasteiger partial charge in [-0.15, -0.1) is 0 Å². The molecular weight excluding hydrogens is 274 g/mol. The molecule has 1 aliphatic rings. The minimum absolute atomic E-state index is 0.141. The van der Waals surface area contributed by atoms with Crippen molar-refractivity contribution in [2.45, 2.75) is 38.1 Å². The third-order valence-electron chi connectivity index (χ3n) is 4.00. The molecule has 0 bridgehead atoms. The van der Waals surface area contributed by atoms with Crippen LogP contribution in [0.15, 0.2) is 24.3 Å². The molecule has 20 heavy (non-hydrogen) atoms. The maximum atomic E-state index is 12.1. The normalized spacial score (nSPS) is 20.6. The van der Waals surface area contributed by atoms with Crippen molar-refractivity contribution < 1.29 is 9.90 Å². The lowest BCUT2D eigenvalue weighted by Gasteiger charge is -2.28. The Kier molecular flexibility index (Phi) is 6.02. The summed E-state index contributed by atoms with van der Waals surface area (Å²) in [5.41, 5.74) is 0.713. The number of aliphatic hydroxyl groups excluding tert-OH is 1. The molecule has 3 nitrogen and oxygen atoms in total. The van der Waals surface area contributed by atoms with Crippen LogP contribution in [-0.2, 0) is 0 Å². The number of rotatable bonds is 5. The van der Waals surface area contributed by atoms with E-state index in [0.29, 0.717) is 17.0 Å². The summed E-state index contributed by atoms with van der Waals surface area (Å²) in [5.74, 6) is 0.141. The molecule has 1 saturated heterocycles. The van der Waals surface area contributed by atoms with E-state index in [2.05, 4.69) is 4.90 Å². The van der Waals surface area contributed by atoms with E-state index < -0.39 is 0 Å². The summed E-state index contributed by atoms with van der Waals surface area (Å²) in [6, 6.07) is 7.26. The summed E-state index contributed by atoms with van der Waals surface area (Å²) >= 11 is 5.82. The van der Waals surface area contributed by atoms with Gasteiger partial charge in [0.15, 0.2) is 5.78 Å². The van der Waals surface area contributed by atoms with Crippen molar-refractivity contribution in [2.24, 2.45) is 0 Å². The van der Waals surface area contributed by atoms with Gasteiger partial charge in [0.25, 0.3) is 0 Å². The number of benzene rings is 1. The van der Waals surface area contributed by atoms with Gasteiger partial charge in [-0.05, 0) is 43.7 Å². The highest BCUT2D eigenvalue weighted by molar-refractivity contribution is 6.30. The predicted molar refractivity (Wildman–Crippen MR) is 81.3 cm³/mol. The van der Waals surface area contributed by atoms with Crippen LogP contribution in [0, 0.1) is 0 Å². The SMILES string of the molecule is O=C(CCN1CCCCCC1CO)c1ccc(Cl)cc1. The average Bonchev–Trinajstić information content (AvgIpc) is 2.70. The fourth-order valence-electron chi connectivity index (χ4n) is 2.76. The summed E-state index contributed by atoms with van der Waals surface area (Å²) in [6.07, 6.45) is 5.08. The second-order valence-electron chi connectivity index (χ2n) is 5.40. The Morgan fingerprint density at radius 3 is 2.70 bits per heavy atom. The Morgan fingerprint density at radius 2 is 2.00 bits per heavy atom. The van der Waals surface area contributed by atoms with Gasteiger partial charge in [0, 0.05) is 29.6 Å². The van der Waals surface area contributed by atoms with E-state index in [1.807, 2.05) is 0 Å². The van der Waals surface area contributed by atoms with Crippen molar-refractivity contribution in [1.29, 1.82) is 0 Å². The van der Waals surface area contributed by atoms with E-state index in [1.165, 1.54) is 12.8 Å². The Balaban J connectivity index is 1.89. The molecule has 0 saturated carbocycles. The van der Waals surface area contributed by atoms with E-state index in [4.69, 9.17) is 11.6 Å². The molecule has 2 rings (SSSR count). The monoisotopic (exact) mass is 295 g/mol. The first-order valence-electron chi connectivity index (χ1n) is 7.34. The molecule has 1 aromatic carbocycles. The summed E-state index contributed by atoms with van der Waals surface area (Å²) in [5, 5.41) is 10.1. The highest BCUT2D eigenvalue weighted by atomic mass is 35.5. The number of likely N-dealkylation sites (tertiary alicyclic amines) is 1. The van der Waals surface area contributed by atoms with Gasteiger partial charge in [-0.1, -0.05) is 24.4 Å². The van der Waals surface area contributed by atoms with Crippen LogP contribution in [0.2, 0.25) is 5.02 Å². The van der Waals surface area contributed by atoms with Gasteiger partial charge in [0.05, 0.1) is 6.61 Å². The molecule has 1 fully saturated rings. The molecule has 1 atom stereocenters. The molecule has 1 unspecified atom stereocenters. The highest BCUT2D eigenvalue weighted by Crippen LogP contribution is 2.17. The van der Waals surface area contributed by atoms with E-state index >= 15 is 0 Å². The molecular formula is C16H22ClNO2. The molecule has 0 radical (unpaired) electrons. The summed E-state index contributed by atoms with van der Waals surface area (Å²) in [6.45, 7) is 1.90. The Hall–Kier alpha value is -0.900. The van der Waals surface area contributed by atoms with Gasteiger partial charge in [-0.25, -0.2) is 0 Å². The van der Waals surface area contributed by atoms with Crippen LogP contribution in [0.5, 0.6) is 0 Å². The molecule has 0 aliphatic carbocycles. The fourth-order valence-corrected chi connectivity index (χ4v) is 2.89. The van der Waals surface area contributed by atoms with Crippen LogP contribution in [0.3, 0.4) is 0 Å². The molecule has 1 aromatic rings. The second kappa shape index (κ2) is 7.77. The number of aliphatic hydroxyl groups is 1. The first kappa shape index (κ1) is 15.5. The minimum Gasteiger partial charge on any atom is -0.395 e. The molecule has 1 heterocycles. The molecule has 1 aliphatic heterocycles. The lowest BCUT2D eigenvalue weighted by atomic mass is 10.1. The van der Waals surface area contributed by atoms with E-state index in [1.54, 1.807) is 24.3 Å². The number of hydrogen-bond acceptors (Lipinski definition) is 3. The van der Waals surface area contributed by atoms with Crippen molar-refractivity contribution >= 4 is 17.4 Å². The smallest absolute Gasteiger partial charge is 0.164 e. The van der Waals surface area contributed by atoms with Crippen molar-refractivity contribution in [2.75, 3.05) is 19.7 Å². The van der Waals surface area contributed by atoms with E-state index in [-0.39, 0.29) is 18.4 Å². The molecule has 4 heteroatoms. The van der Waals surface area contributed by atoms with Crippen LogP contribution >= 0.6 is 11.6 Å². The number of nitrogens with zero attached hydrogens (tertiary/aromatic N) is 1. The van der Waals surface area contributed by atoms with Gasteiger partial charge in [-0.3, -0.25) is 9.69 Å². The minimum atomic E-state index is 0.141. The third kappa shape index (κ3) is 4.30. The van der Waals surface area contributed by atoms with Crippen LogP contribution in [0.25, 0.3) is 0 Å². The van der Waals surface area contributed by atoms with Crippen molar-refractivity contribution in [3.8, 4) is 0 Å². The summed E-state index contributed by atoms with van der Waals surface area (Å²) in [7, 11) is 0. The lowest BCUT2D eigenvalue weighted by Crippen LogP contribution is -2.38. The van der Waals surface area contributed by atoms with Crippen LogP contribution < -0.4 is 0 Å². The standard InChI is InChI=1S/C16H22ClNO2/c17-14-7-5-13(6-8-14)16(20)9-11-18-10-3-1-2-4-15(18)12-19/h5-8,15,19H,1-4,9-12H2. The number of hydrogen-bond donors (Lipinski definition) is 1. The number of ketones is 1. The average molecular weight is 296 g/mol. The molecule has 110 valence electrons. The molecule has 0 aromatic heterocycles. The topological polar surface area (TPSA) is 40.5 Å². The first-order valence-corrected chi connectivity index (χ1v) is 7.72. The van der Waals surface area contributed by atoms with Gasteiger partial charge in [0.2, 0.25) is 0 Å². The Labute approximate surface area is 125 Å². The molecule has 0 spiro atoms. The van der Waals surface area contributed by atoms with Crippen molar-refractivity contribution in [3.05, 3.63) is 34.9 Å². The summed E-state index contributed by atoms with van der Waals surface area (Å²) < 4.78 is 0. The van der Waals surface area contributed by atoms with E-state index in [9.17, 15) is 9.90 Å². The van der Waals surface area contributed by atoms with Gasteiger partial charge in [0.1, 0.15) is 0 Å². The van der Waals surface area contributed by atoms with E-state index in [0.717, 1.165) is 25.9 Å². The number of halogens is 1. The third-order valence-corrected chi connectivity index (χ3v) is 4.25. The number of Topliss-reactive ketones (excluding diaryl/α,β-unsaturated/α-hetero) is 1. The largest absolute Gasteiger partial charge is 0.395 e. The van der Waals surface area contributed by atoms with Crippen LogP contribution in [0.4, 0.5) is 0 Å². The number of carbonyl (C=O) groups is 1. The maximum absolute atomic E-state index is 12.1. The van der Waals surface area contributed by atoms with Crippen molar-refractivity contribution in [3.63, 3.8) is 0 Å². The van der Waals surface area contributed by atoms with Crippen LogP contribution in [-0.4, -0.2) is 41.5 Å². The molecule has 1 N–H and O–H groups in total. The van der Waals surface area contributed by atoms with Crippen molar-refractivity contribution in [1.82, 2.24) is 4.90 Å². The summed E-state index contributed by atoms with van der Waals surface area (Å²) in [4.78, 5) is 14.4. The quantitative estimate of drug-likeness (QED) is 0.848. The lowest BCUT2D eigenvalue weighted by molar-refractivity contribution is 0.0910. The zero-order chi connectivity index (χ0) is 14.4.